The van der Waals surface area contributed by atoms with Crippen molar-refractivity contribution in [3.05, 3.63) is 24.3 Å². The molecule has 0 atom stereocenters. The smallest absolute Gasteiger partial charge is 0.238 e. The van der Waals surface area contributed by atoms with Gasteiger partial charge in [-0.1, -0.05) is 12.8 Å². The SMILES string of the molecule is CN(CC(=O)Nc1ccc(N2CCCCCC2)cc1)CC(=O)NC(C)(C)C. The van der Waals surface area contributed by atoms with Crippen LogP contribution in [0.5, 0.6) is 0 Å². The first kappa shape index (κ1) is 21.2. The van der Waals surface area contributed by atoms with Crippen LogP contribution in [0.4, 0.5) is 11.4 Å². The summed E-state index contributed by atoms with van der Waals surface area (Å²) in [5.74, 6) is -0.205. The van der Waals surface area contributed by atoms with Crippen molar-refractivity contribution in [2.75, 3.05) is 43.4 Å². The van der Waals surface area contributed by atoms with E-state index in [1.54, 1.807) is 11.9 Å². The Morgan fingerprint density at radius 1 is 0.963 bits per heavy atom. The number of hydrogen-bond acceptors (Lipinski definition) is 4. The Balaban J connectivity index is 1.80. The summed E-state index contributed by atoms with van der Waals surface area (Å²) in [6.45, 7) is 8.39. The van der Waals surface area contributed by atoms with Gasteiger partial charge in [0.25, 0.3) is 0 Å². The van der Waals surface area contributed by atoms with Gasteiger partial charge in [-0.3, -0.25) is 14.5 Å². The lowest BCUT2D eigenvalue weighted by Crippen LogP contribution is -2.46. The van der Waals surface area contributed by atoms with Crippen LogP contribution in [-0.4, -0.2) is 55.5 Å². The molecule has 150 valence electrons. The minimum Gasteiger partial charge on any atom is -0.372 e. The van der Waals surface area contributed by atoms with Gasteiger partial charge >= 0.3 is 0 Å². The van der Waals surface area contributed by atoms with Crippen molar-refractivity contribution in [1.29, 1.82) is 0 Å². The summed E-state index contributed by atoms with van der Waals surface area (Å²) in [4.78, 5) is 28.3. The van der Waals surface area contributed by atoms with Gasteiger partial charge < -0.3 is 15.5 Å². The molecule has 0 aliphatic carbocycles. The van der Waals surface area contributed by atoms with Crippen LogP contribution in [0.2, 0.25) is 0 Å². The molecule has 0 bridgehead atoms. The quantitative estimate of drug-likeness (QED) is 0.804. The van der Waals surface area contributed by atoms with E-state index in [4.69, 9.17) is 0 Å². The van der Waals surface area contributed by atoms with Gasteiger partial charge in [0.15, 0.2) is 0 Å². The highest BCUT2D eigenvalue weighted by Gasteiger charge is 2.16. The minimum absolute atomic E-state index is 0.0837. The number of carbonyl (C=O) groups is 2. The van der Waals surface area contributed by atoms with Gasteiger partial charge in [-0.05, 0) is 64.9 Å². The molecule has 6 heteroatoms. The van der Waals surface area contributed by atoms with Crippen LogP contribution < -0.4 is 15.5 Å². The van der Waals surface area contributed by atoms with Crippen LogP contribution in [-0.2, 0) is 9.59 Å². The fourth-order valence-electron chi connectivity index (χ4n) is 3.29. The average molecular weight is 375 g/mol. The van der Waals surface area contributed by atoms with Crippen LogP contribution >= 0.6 is 0 Å². The monoisotopic (exact) mass is 374 g/mol. The maximum absolute atomic E-state index is 12.2. The predicted octanol–water partition coefficient (Wildman–Crippen LogP) is 2.85. The van der Waals surface area contributed by atoms with Gasteiger partial charge in [0.1, 0.15) is 0 Å². The lowest BCUT2D eigenvalue weighted by Gasteiger charge is -2.23. The van der Waals surface area contributed by atoms with Crippen molar-refractivity contribution >= 4 is 23.2 Å². The lowest BCUT2D eigenvalue weighted by atomic mass is 10.1. The number of carbonyl (C=O) groups excluding carboxylic acids is 2. The third kappa shape index (κ3) is 7.99. The highest BCUT2D eigenvalue weighted by atomic mass is 16.2. The first-order valence-electron chi connectivity index (χ1n) is 9.87. The van der Waals surface area contributed by atoms with Crippen molar-refractivity contribution in [2.45, 2.75) is 52.0 Å². The maximum atomic E-state index is 12.2. The van der Waals surface area contributed by atoms with Crippen molar-refractivity contribution in [1.82, 2.24) is 10.2 Å². The molecule has 1 heterocycles. The van der Waals surface area contributed by atoms with E-state index in [1.807, 2.05) is 32.9 Å². The molecule has 0 aromatic heterocycles. The molecule has 0 unspecified atom stereocenters. The van der Waals surface area contributed by atoms with E-state index in [0.29, 0.717) is 0 Å². The second kappa shape index (κ2) is 9.74. The van der Waals surface area contributed by atoms with Crippen molar-refractivity contribution in [3.63, 3.8) is 0 Å². The molecular weight excluding hydrogens is 340 g/mol. The number of benzene rings is 1. The standard InChI is InChI=1S/C21H34N4O2/c1-21(2,3)23-20(27)16-24(4)15-19(26)22-17-9-11-18(12-10-17)25-13-7-5-6-8-14-25/h9-12H,5-8,13-16H2,1-4H3,(H,22,26)(H,23,27). The lowest BCUT2D eigenvalue weighted by molar-refractivity contribution is -0.124. The van der Waals surface area contributed by atoms with E-state index < -0.39 is 0 Å². The Morgan fingerprint density at radius 2 is 1.52 bits per heavy atom. The second-order valence-corrected chi connectivity index (χ2v) is 8.47. The Labute approximate surface area is 163 Å². The maximum Gasteiger partial charge on any atom is 0.238 e. The number of nitrogens with one attached hydrogen (secondary N) is 2. The summed E-state index contributed by atoms with van der Waals surface area (Å²) >= 11 is 0. The number of likely N-dealkylation sites (N-methyl/N-ethyl adjacent to an activating group) is 1. The van der Waals surface area contributed by atoms with Crippen LogP contribution in [0.1, 0.15) is 46.5 Å². The van der Waals surface area contributed by atoms with E-state index in [9.17, 15) is 9.59 Å². The molecule has 1 aliphatic rings. The van der Waals surface area contributed by atoms with Gasteiger partial charge in [-0.15, -0.1) is 0 Å². The summed E-state index contributed by atoms with van der Waals surface area (Å²) in [6, 6.07) is 8.04. The molecule has 6 nitrogen and oxygen atoms in total. The number of hydrogen-bond donors (Lipinski definition) is 2. The van der Waals surface area contributed by atoms with E-state index in [-0.39, 0.29) is 30.4 Å². The predicted molar refractivity (Wildman–Crippen MR) is 111 cm³/mol. The molecule has 2 amide bonds. The van der Waals surface area contributed by atoms with E-state index in [1.165, 1.54) is 31.4 Å². The highest BCUT2D eigenvalue weighted by molar-refractivity contribution is 5.92. The molecule has 1 saturated heterocycles. The first-order chi connectivity index (χ1) is 12.7. The van der Waals surface area contributed by atoms with Crippen LogP contribution in [0, 0.1) is 0 Å². The van der Waals surface area contributed by atoms with Crippen LogP contribution in [0.3, 0.4) is 0 Å². The third-order valence-corrected chi connectivity index (χ3v) is 4.46. The zero-order valence-electron chi connectivity index (χ0n) is 17.2. The summed E-state index contributed by atoms with van der Waals surface area (Å²) < 4.78 is 0. The fraction of sp³-hybridized carbons (Fsp3) is 0.619. The molecule has 1 aliphatic heterocycles. The van der Waals surface area contributed by atoms with Gasteiger partial charge in [0.05, 0.1) is 13.1 Å². The Kier molecular flexibility index (Phi) is 7.66. The molecule has 2 N–H and O–H groups in total. The van der Waals surface area contributed by atoms with Gasteiger partial charge in [-0.2, -0.15) is 0 Å². The summed E-state index contributed by atoms with van der Waals surface area (Å²) in [7, 11) is 1.77. The molecule has 0 radical (unpaired) electrons. The normalized spacial score (nSPS) is 15.4. The van der Waals surface area contributed by atoms with E-state index >= 15 is 0 Å². The van der Waals surface area contributed by atoms with E-state index in [2.05, 4.69) is 27.7 Å². The molecular formula is C21H34N4O2. The molecule has 27 heavy (non-hydrogen) atoms. The highest BCUT2D eigenvalue weighted by Crippen LogP contribution is 2.21. The van der Waals surface area contributed by atoms with Crippen molar-refractivity contribution in [2.24, 2.45) is 0 Å². The molecule has 2 rings (SSSR count). The molecule has 0 saturated carbocycles. The number of rotatable bonds is 6. The summed E-state index contributed by atoms with van der Waals surface area (Å²) in [6.07, 6.45) is 5.11. The minimum atomic E-state index is -0.269. The Hall–Kier alpha value is -2.08. The molecule has 1 fully saturated rings. The fourth-order valence-corrected chi connectivity index (χ4v) is 3.29. The average Bonchev–Trinajstić information content (AvgIpc) is 2.82. The second-order valence-electron chi connectivity index (χ2n) is 8.47. The third-order valence-electron chi connectivity index (χ3n) is 4.46. The number of anilines is 2. The van der Waals surface area contributed by atoms with Crippen LogP contribution in [0.25, 0.3) is 0 Å². The zero-order valence-corrected chi connectivity index (χ0v) is 17.2. The number of nitrogens with zero attached hydrogens (tertiary/aromatic N) is 2. The van der Waals surface area contributed by atoms with Gasteiger partial charge in [-0.25, -0.2) is 0 Å². The Morgan fingerprint density at radius 3 is 2.07 bits per heavy atom. The Bertz CT molecular complexity index is 614. The molecule has 0 spiro atoms. The van der Waals surface area contributed by atoms with Gasteiger partial charge in [0.2, 0.25) is 11.8 Å². The summed E-state index contributed by atoms with van der Waals surface area (Å²) in [5, 5.41) is 5.80. The summed E-state index contributed by atoms with van der Waals surface area (Å²) in [5.41, 5.74) is 1.73. The first-order valence-corrected chi connectivity index (χ1v) is 9.87. The zero-order chi connectivity index (χ0) is 19.9. The van der Waals surface area contributed by atoms with Crippen LogP contribution in [0.15, 0.2) is 24.3 Å². The molecule has 1 aromatic carbocycles. The topological polar surface area (TPSA) is 64.7 Å². The number of amides is 2. The van der Waals surface area contributed by atoms with Gasteiger partial charge in [0, 0.05) is 30.0 Å². The molecule has 1 aromatic rings. The van der Waals surface area contributed by atoms with E-state index in [0.717, 1.165) is 18.8 Å². The van der Waals surface area contributed by atoms with Crippen molar-refractivity contribution < 1.29 is 9.59 Å². The largest absolute Gasteiger partial charge is 0.372 e. The van der Waals surface area contributed by atoms with Crippen molar-refractivity contribution in [3.8, 4) is 0 Å².